The molecule has 3 rings (SSSR count). The maximum atomic E-state index is 11.4. The molecular weight excluding hydrogens is 288 g/mol. The molecule has 114 valence electrons. The molecule has 3 N–H and O–H groups in total. The Kier molecular flexibility index (Phi) is 4.28. The number of hydrogen-bond donors (Lipinski definition) is 3. The standard InChI is InChI=1S/C15H20N2O3S/c1-20-15(19)13-7-10-6-12(21-14(10)17-13)8-16-3-2-9-4-11(18)5-9/h6-7,9,11,16-18H,2-5,8H2,1H3. The van der Waals surface area contributed by atoms with Crippen LogP contribution in [-0.4, -0.2) is 35.8 Å². The third-order valence-electron chi connectivity index (χ3n) is 4.00. The Morgan fingerprint density at radius 1 is 1.52 bits per heavy atom. The topological polar surface area (TPSA) is 74.3 Å². The molecule has 0 aliphatic heterocycles. The zero-order valence-electron chi connectivity index (χ0n) is 12.0. The number of carbonyl (C=O) groups is 1. The van der Waals surface area contributed by atoms with Crippen LogP contribution in [-0.2, 0) is 11.3 Å². The number of ether oxygens (including phenoxy) is 1. The predicted molar refractivity (Wildman–Crippen MR) is 82.6 cm³/mol. The highest BCUT2D eigenvalue weighted by Crippen LogP contribution is 2.30. The highest BCUT2D eigenvalue weighted by molar-refractivity contribution is 7.18. The van der Waals surface area contributed by atoms with Gasteiger partial charge in [0, 0.05) is 16.8 Å². The van der Waals surface area contributed by atoms with Crippen LogP contribution in [0.2, 0.25) is 0 Å². The van der Waals surface area contributed by atoms with Crippen LogP contribution in [0.5, 0.6) is 0 Å². The van der Waals surface area contributed by atoms with Gasteiger partial charge in [-0.05, 0) is 43.9 Å². The van der Waals surface area contributed by atoms with Gasteiger partial charge >= 0.3 is 5.97 Å². The number of aliphatic hydroxyl groups is 1. The molecule has 0 bridgehead atoms. The first-order valence-electron chi connectivity index (χ1n) is 7.24. The molecule has 21 heavy (non-hydrogen) atoms. The molecule has 2 aromatic heterocycles. The Balaban J connectivity index is 1.48. The van der Waals surface area contributed by atoms with E-state index in [1.807, 2.05) is 6.07 Å². The highest BCUT2D eigenvalue weighted by Gasteiger charge is 2.26. The summed E-state index contributed by atoms with van der Waals surface area (Å²) >= 11 is 1.66. The first-order chi connectivity index (χ1) is 10.2. The molecule has 0 radical (unpaired) electrons. The van der Waals surface area contributed by atoms with Crippen molar-refractivity contribution in [2.45, 2.75) is 31.9 Å². The van der Waals surface area contributed by atoms with E-state index in [0.29, 0.717) is 11.6 Å². The maximum Gasteiger partial charge on any atom is 0.354 e. The van der Waals surface area contributed by atoms with E-state index in [0.717, 1.165) is 42.6 Å². The zero-order chi connectivity index (χ0) is 14.8. The molecule has 0 atom stereocenters. The van der Waals surface area contributed by atoms with Gasteiger partial charge < -0.3 is 20.1 Å². The fourth-order valence-electron chi connectivity index (χ4n) is 2.74. The van der Waals surface area contributed by atoms with E-state index in [-0.39, 0.29) is 12.1 Å². The summed E-state index contributed by atoms with van der Waals surface area (Å²) in [6.07, 6.45) is 2.99. The number of fused-ring (bicyclic) bond motifs is 1. The Morgan fingerprint density at radius 2 is 2.33 bits per heavy atom. The first-order valence-corrected chi connectivity index (χ1v) is 8.06. The number of nitrogens with one attached hydrogen (secondary N) is 2. The van der Waals surface area contributed by atoms with E-state index in [9.17, 15) is 9.90 Å². The molecule has 0 spiro atoms. The number of esters is 1. The van der Waals surface area contributed by atoms with Crippen molar-refractivity contribution in [3.63, 3.8) is 0 Å². The average molecular weight is 308 g/mol. The molecule has 1 saturated carbocycles. The van der Waals surface area contributed by atoms with Crippen LogP contribution in [0.25, 0.3) is 10.2 Å². The quantitative estimate of drug-likeness (QED) is 0.565. The molecule has 2 heterocycles. The molecule has 1 aliphatic rings. The molecule has 5 nitrogen and oxygen atoms in total. The van der Waals surface area contributed by atoms with Crippen LogP contribution < -0.4 is 5.32 Å². The third-order valence-corrected chi connectivity index (χ3v) is 5.07. The van der Waals surface area contributed by atoms with E-state index >= 15 is 0 Å². The Bertz CT molecular complexity index is 596. The number of carbonyl (C=O) groups excluding carboxylic acids is 1. The Morgan fingerprint density at radius 3 is 3.00 bits per heavy atom. The summed E-state index contributed by atoms with van der Waals surface area (Å²) in [6.45, 7) is 1.83. The Hall–Kier alpha value is -1.37. The second-order valence-electron chi connectivity index (χ2n) is 5.63. The summed E-state index contributed by atoms with van der Waals surface area (Å²) in [7, 11) is 1.38. The fraction of sp³-hybridized carbons (Fsp3) is 0.533. The second kappa shape index (κ2) is 6.17. The minimum Gasteiger partial charge on any atom is -0.464 e. The molecular formula is C15H20N2O3S. The van der Waals surface area contributed by atoms with E-state index < -0.39 is 0 Å². The lowest BCUT2D eigenvalue weighted by Gasteiger charge is -2.31. The van der Waals surface area contributed by atoms with Crippen LogP contribution >= 0.6 is 11.3 Å². The summed E-state index contributed by atoms with van der Waals surface area (Å²) in [5.41, 5.74) is 0.502. The lowest BCUT2D eigenvalue weighted by atomic mass is 9.80. The molecule has 1 aliphatic carbocycles. The van der Waals surface area contributed by atoms with Crippen LogP contribution in [0.1, 0.15) is 34.6 Å². The molecule has 0 aromatic carbocycles. The average Bonchev–Trinajstić information content (AvgIpc) is 2.98. The van der Waals surface area contributed by atoms with Crippen molar-refractivity contribution in [1.29, 1.82) is 0 Å². The van der Waals surface area contributed by atoms with Gasteiger partial charge in [0.25, 0.3) is 0 Å². The molecule has 2 aromatic rings. The van der Waals surface area contributed by atoms with Crippen molar-refractivity contribution in [3.8, 4) is 0 Å². The Labute approximate surface area is 127 Å². The SMILES string of the molecule is COC(=O)c1cc2cc(CNCCC3CC(O)C3)sc2[nH]1. The zero-order valence-corrected chi connectivity index (χ0v) is 12.8. The summed E-state index contributed by atoms with van der Waals surface area (Å²) in [5, 5.41) is 13.7. The number of methoxy groups -OCH3 is 1. The van der Waals surface area contributed by atoms with Crippen molar-refractivity contribution in [3.05, 3.63) is 22.7 Å². The van der Waals surface area contributed by atoms with Gasteiger partial charge in [-0.1, -0.05) is 0 Å². The minimum atomic E-state index is -0.333. The summed E-state index contributed by atoms with van der Waals surface area (Å²) in [4.78, 5) is 16.8. The van der Waals surface area contributed by atoms with Crippen molar-refractivity contribution in [2.75, 3.05) is 13.7 Å². The normalized spacial score (nSPS) is 21.4. The van der Waals surface area contributed by atoms with Gasteiger partial charge in [0.2, 0.25) is 0 Å². The summed E-state index contributed by atoms with van der Waals surface area (Å²) in [6, 6.07) is 3.93. The number of hydrogen-bond acceptors (Lipinski definition) is 5. The van der Waals surface area contributed by atoms with E-state index in [1.54, 1.807) is 11.3 Å². The molecule has 0 saturated heterocycles. The monoisotopic (exact) mass is 308 g/mol. The van der Waals surface area contributed by atoms with Gasteiger partial charge in [0.05, 0.1) is 13.2 Å². The third kappa shape index (κ3) is 3.28. The van der Waals surface area contributed by atoms with Gasteiger partial charge in [-0.25, -0.2) is 4.79 Å². The van der Waals surface area contributed by atoms with Crippen LogP contribution in [0, 0.1) is 5.92 Å². The maximum absolute atomic E-state index is 11.4. The van der Waals surface area contributed by atoms with E-state index in [2.05, 4.69) is 16.4 Å². The predicted octanol–water partition coefficient (Wildman–Crippen LogP) is 2.27. The number of thiophene rings is 1. The van der Waals surface area contributed by atoms with Gasteiger partial charge in [-0.3, -0.25) is 0 Å². The molecule has 0 unspecified atom stereocenters. The lowest BCUT2D eigenvalue weighted by Crippen LogP contribution is -2.30. The van der Waals surface area contributed by atoms with Crippen molar-refractivity contribution in [1.82, 2.24) is 10.3 Å². The number of aromatic nitrogens is 1. The summed E-state index contributed by atoms with van der Waals surface area (Å²) < 4.78 is 4.70. The van der Waals surface area contributed by atoms with Crippen LogP contribution in [0.15, 0.2) is 12.1 Å². The molecule has 0 amide bonds. The molecule has 6 heteroatoms. The van der Waals surface area contributed by atoms with Crippen LogP contribution in [0.4, 0.5) is 0 Å². The van der Waals surface area contributed by atoms with Crippen molar-refractivity contribution < 1.29 is 14.6 Å². The van der Waals surface area contributed by atoms with Gasteiger partial charge in [0.15, 0.2) is 0 Å². The van der Waals surface area contributed by atoms with Gasteiger partial charge in [-0.2, -0.15) is 0 Å². The van der Waals surface area contributed by atoms with Crippen molar-refractivity contribution >= 4 is 27.5 Å². The number of aromatic amines is 1. The fourth-order valence-corrected chi connectivity index (χ4v) is 3.76. The van der Waals surface area contributed by atoms with Crippen molar-refractivity contribution in [2.24, 2.45) is 5.92 Å². The smallest absolute Gasteiger partial charge is 0.354 e. The largest absolute Gasteiger partial charge is 0.464 e. The lowest BCUT2D eigenvalue weighted by molar-refractivity contribution is 0.0393. The number of rotatable bonds is 6. The number of H-pyrrole nitrogens is 1. The summed E-state index contributed by atoms with van der Waals surface area (Å²) in [5.74, 6) is 0.355. The van der Waals surface area contributed by atoms with Crippen LogP contribution in [0.3, 0.4) is 0 Å². The van der Waals surface area contributed by atoms with Gasteiger partial charge in [-0.15, -0.1) is 11.3 Å². The van der Waals surface area contributed by atoms with E-state index in [1.165, 1.54) is 12.0 Å². The highest BCUT2D eigenvalue weighted by atomic mass is 32.1. The van der Waals surface area contributed by atoms with Gasteiger partial charge in [0.1, 0.15) is 10.5 Å². The second-order valence-corrected chi connectivity index (χ2v) is 6.77. The minimum absolute atomic E-state index is 0.0582. The first kappa shape index (κ1) is 14.6. The number of aliphatic hydroxyl groups excluding tert-OH is 1. The van der Waals surface area contributed by atoms with E-state index in [4.69, 9.17) is 4.74 Å². The molecule has 1 fully saturated rings.